The summed E-state index contributed by atoms with van der Waals surface area (Å²) in [5, 5.41) is 3.44. The summed E-state index contributed by atoms with van der Waals surface area (Å²) >= 11 is 0. The summed E-state index contributed by atoms with van der Waals surface area (Å²) in [6.07, 6.45) is 7.89. The maximum atomic E-state index is 5.38. The van der Waals surface area contributed by atoms with Gasteiger partial charge in [0, 0.05) is 19.3 Å². The fraction of sp³-hybridized carbons (Fsp3) is 1.00. The quantitative estimate of drug-likeness (QED) is 0.710. The zero-order valence-corrected chi connectivity index (χ0v) is 9.72. The number of hydrogen-bond donors (Lipinski definition) is 1. The summed E-state index contributed by atoms with van der Waals surface area (Å²) in [7, 11) is 2.10. The first-order chi connectivity index (χ1) is 6.86. The largest absolute Gasteiger partial charge is 0.381 e. The van der Waals surface area contributed by atoms with Gasteiger partial charge in [-0.1, -0.05) is 19.8 Å². The van der Waals surface area contributed by atoms with Gasteiger partial charge in [0.05, 0.1) is 0 Å². The molecule has 1 aliphatic heterocycles. The Bertz CT molecular complexity index is 132. The molecule has 0 aromatic rings. The summed E-state index contributed by atoms with van der Waals surface area (Å²) in [6, 6.07) is 0.734. The van der Waals surface area contributed by atoms with Crippen LogP contribution in [0.2, 0.25) is 0 Å². The van der Waals surface area contributed by atoms with Crippen molar-refractivity contribution in [3.8, 4) is 0 Å². The van der Waals surface area contributed by atoms with E-state index in [4.69, 9.17) is 4.74 Å². The van der Waals surface area contributed by atoms with Gasteiger partial charge in [-0.05, 0) is 38.6 Å². The third kappa shape index (κ3) is 4.43. The standard InChI is InChI=1S/C12H25NO/c1-3-4-5-12(13-2)10-11-6-8-14-9-7-11/h11-13H,3-10H2,1-2H3. The van der Waals surface area contributed by atoms with Crippen molar-refractivity contribution in [3.63, 3.8) is 0 Å². The van der Waals surface area contributed by atoms with Crippen molar-refractivity contribution >= 4 is 0 Å². The van der Waals surface area contributed by atoms with Crippen LogP contribution >= 0.6 is 0 Å². The number of nitrogens with one attached hydrogen (secondary N) is 1. The highest BCUT2D eigenvalue weighted by Crippen LogP contribution is 2.21. The molecule has 1 atom stereocenters. The van der Waals surface area contributed by atoms with Crippen LogP contribution in [0.4, 0.5) is 0 Å². The lowest BCUT2D eigenvalue weighted by Gasteiger charge is -2.26. The van der Waals surface area contributed by atoms with Crippen LogP contribution in [0.1, 0.15) is 45.4 Å². The van der Waals surface area contributed by atoms with E-state index in [-0.39, 0.29) is 0 Å². The van der Waals surface area contributed by atoms with Crippen LogP contribution in [0.5, 0.6) is 0 Å². The molecular weight excluding hydrogens is 174 g/mol. The molecule has 84 valence electrons. The Hall–Kier alpha value is -0.0800. The van der Waals surface area contributed by atoms with E-state index < -0.39 is 0 Å². The third-order valence-corrected chi connectivity index (χ3v) is 3.27. The molecule has 0 aromatic heterocycles. The number of rotatable bonds is 6. The fourth-order valence-electron chi connectivity index (χ4n) is 2.22. The Morgan fingerprint density at radius 2 is 2.07 bits per heavy atom. The Balaban J connectivity index is 2.16. The number of hydrogen-bond acceptors (Lipinski definition) is 2. The molecule has 1 rings (SSSR count). The molecule has 1 unspecified atom stereocenters. The second kappa shape index (κ2) is 7.24. The average Bonchev–Trinajstić information content (AvgIpc) is 2.25. The molecule has 2 nitrogen and oxygen atoms in total. The van der Waals surface area contributed by atoms with Crippen molar-refractivity contribution in [2.24, 2.45) is 5.92 Å². The van der Waals surface area contributed by atoms with Gasteiger partial charge in [0.25, 0.3) is 0 Å². The van der Waals surface area contributed by atoms with Gasteiger partial charge in [0.1, 0.15) is 0 Å². The number of unbranched alkanes of at least 4 members (excludes halogenated alkanes) is 1. The van der Waals surface area contributed by atoms with Gasteiger partial charge in [-0.25, -0.2) is 0 Å². The van der Waals surface area contributed by atoms with E-state index in [9.17, 15) is 0 Å². The Morgan fingerprint density at radius 3 is 2.64 bits per heavy atom. The highest BCUT2D eigenvalue weighted by atomic mass is 16.5. The zero-order valence-electron chi connectivity index (χ0n) is 9.72. The second-order valence-corrected chi connectivity index (χ2v) is 4.42. The van der Waals surface area contributed by atoms with E-state index in [1.807, 2.05) is 0 Å². The molecule has 1 aliphatic rings. The first-order valence-electron chi connectivity index (χ1n) is 6.11. The van der Waals surface area contributed by atoms with Crippen LogP contribution in [0.3, 0.4) is 0 Å². The molecule has 2 heteroatoms. The molecule has 1 heterocycles. The SMILES string of the molecule is CCCCC(CC1CCOCC1)NC. The highest BCUT2D eigenvalue weighted by Gasteiger charge is 2.17. The predicted octanol–water partition coefficient (Wildman–Crippen LogP) is 2.58. The summed E-state index contributed by atoms with van der Waals surface area (Å²) in [5.74, 6) is 0.901. The molecule has 0 aliphatic carbocycles. The highest BCUT2D eigenvalue weighted by molar-refractivity contribution is 4.72. The molecule has 0 spiro atoms. The molecule has 14 heavy (non-hydrogen) atoms. The molecule has 0 amide bonds. The molecule has 0 bridgehead atoms. The Kier molecular flexibility index (Phi) is 6.20. The predicted molar refractivity (Wildman–Crippen MR) is 60.5 cm³/mol. The van der Waals surface area contributed by atoms with Crippen LogP contribution in [-0.4, -0.2) is 26.3 Å². The van der Waals surface area contributed by atoms with E-state index in [1.165, 1.54) is 38.5 Å². The lowest BCUT2D eigenvalue weighted by atomic mass is 9.90. The lowest BCUT2D eigenvalue weighted by Crippen LogP contribution is -2.30. The normalized spacial score (nSPS) is 21.0. The van der Waals surface area contributed by atoms with Gasteiger partial charge in [0.15, 0.2) is 0 Å². The topological polar surface area (TPSA) is 21.3 Å². The molecule has 1 saturated heterocycles. The van der Waals surface area contributed by atoms with E-state index >= 15 is 0 Å². The molecule has 1 N–H and O–H groups in total. The van der Waals surface area contributed by atoms with Crippen LogP contribution in [0.15, 0.2) is 0 Å². The molecule has 0 radical (unpaired) electrons. The minimum absolute atomic E-state index is 0.734. The summed E-state index contributed by atoms with van der Waals surface area (Å²) in [5.41, 5.74) is 0. The van der Waals surface area contributed by atoms with E-state index in [1.54, 1.807) is 0 Å². The first-order valence-corrected chi connectivity index (χ1v) is 6.11. The van der Waals surface area contributed by atoms with Crippen molar-refractivity contribution in [1.82, 2.24) is 5.32 Å². The van der Waals surface area contributed by atoms with Gasteiger partial charge in [-0.15, -0.1) is 0 Å². The Labute approximate surface area is 88.4 Å². The van der Waals surface area contributed by atoms with Crippen LogP contribution in [0, 0.1) is 5.92 Å². The molecule has 1 fully saturated rings. The minimum atomic E-state index is 0.734. The van der Waals surface area contributed by atoms with Crippen LogP contribution in [0.25, 0.3) is 0 Å². The Morgan fingerprint density at radius 1 is 1.36 bits per heavy atom. The first kappa shape index (κ1) is 12.0. The van der Waals surface area contributed by atoms with E-state index in [0.717, 1.165) is 25.2 Å². The smallest absolute Gasteiger partial charge is 0.0468 e. The van der Waals surface area contributed by atoms with Gasteiger partial charge >= 0.3 is 0 Å². The van der Waals surface area contributed by atoms with Crippen LogP contribution in [-0.2, 0) is 4.74 Å². The fourth-order valence-corrected chi connectivity index (χ4v) is 2.22. The maximum absolute atomic E-state index is 5.38. The summed E-state index contributed by atoms with van der Waals surface area (Å²) < 4.78 is 5.38. The van der Waals surface area contributed by atoms with Gasteiger partial charge in [-0.3, -0.25) is 0 Å². The van der Waals surface area contributed by atoms with E-state index in [0.29, 0.717) is 0 Å². The zero-order chi connectivity index (χ0) is 10.2. The lowest BCUT2D eigenvalue weighted by molar-refractivity contribution is 0.0604. The van der Waals surface area contributed by atoms with Gasteiger partial charge in [-0.2, -0.15) is 0 Å². The third-order valence-electron chi connectivity index (χ3n) is 3.27. The summed E-state index contributed by atoms with van der Waals surface area (Å²) in [6.45, 7) is 4.23. The molecule has 0 saturated carbocycles. The second-order valence-electron chi connectivity index (χ2n) is 4.42. The van der Waals surface area contributed by atoms with Crippen molar-refractivity contribution in [1.29, 1.82) is 0 Å². The van der Waals surface area contributed by atoms with Crippen molar-refractivity contribution < 1.29 is 4.74 Å². The van der Waals surface area contributed by atoms with E-state index in [2.05, 4.69) is 19.3 Å². The molecular formula is C12H25NO. The van der Waals surface area contributed by atoms with Crippen LogP contribution < -0.4 is 5.32 Å². The summed E-state index contributed by atoms with van der Waals surface area (Å²) in [4.78, 5) is 0. The van der Waals surface area contributed by atoms with Gasteiger partial charge < -0.3 is 10.1 Å². The van der Waals surface area contributed by atoms with Gasteiger partial charge in [0.2, 0.25) is 0 Å². The number of ether oxygens (including phenoxy) is 1. The molecule has 0 aromatic carbocycles. The maximum Gasteiger partial charge on any atom is 0.0468 e. The average molecular weight is 199 g/mol. The van der Waals surface area contributed by atoms with Crippen molar-refractivity contribution in [3.05, 3.63) is 0 Å². The minimum Gasteiger partial charge on any atom is -0.381 e. The monoisotopic (exact) mass is 199 g/mol. The van der Waals surface area contributed by atoms with Crippen molar-refractivity contribution in [2.45, 2.75) is 51.5 Å². The van der Waals surface area contributed by atoms with Crippen molar-refractivity contribution in [2.75, 3.05) is 20.3 Å².